The monoisotopic (exact) mass is 454 g/mol. The van der Waals surface area contributed by atoms with Crippen LogP contribution in [0.2, 0.25) is 0 Å². The van der Waals surface area contributed by atoms with Gasteiger partial charge in [0.15, 0.2) is 0 Å². The number of furan rings is 1. The Bertz CT molecular complexity index is 1570. The number of nitrogens with zero attached hydrogens (tertiary/aromatic N) is 1. The van der Waals surface area contributed by atoms with E-state index in [0.29, 0.717) is 33.2 Å². The highest BCUT2D eigenvalue weighted by atomic mass is 19.1. The van der Waals surface area contributed by atoms with Crippen molar-refractivity contribution in [2.75, 3.05) is 0 Å². The number of phenols is 1. The number of hydrogen-bond acceptors (Lipinski definition) is 5. The Kier molecular flexibility index (Phi) is 5.43. The summed E-state index contributed by atoms with van der Waals surface area (Å²) in [4.78, 5) is 19.2. The van der Waals surface area contributed by atoms with Crippen molar-refractivity contribution in [3.05, 3.63) is 106 Å². The highest BCUT2D eigenvalue weighted by Gasteiger charge is 2.12. The Balaban J connectivity index is 1.45. The van der Waals surface area contributed by atoms with Crippen molar-refractivity contribution in [3.63, 3.8) is 0 Å². The van der Waals surface area contributed by atoms with E-state index in [0.717, 1.165) is 11.1 Å². The van der Waals surface area contributed by atoms with Crippen LogP contribution in [0.5, 0.6) is 11.6 Å². The van der Waals surface area contributed by atoms with Crippen molar-refractivity contribution >= 4 is 17.0 Å². The van der Waals surface area contributed by atoms with Crippen molar-refractivity contribution in [1.29, 1.82) is 0 Å². The maximum atomic E-state index is 13.2. The number of pyridine rings is 1. The Morgan fingerprint density at radius 2 is 1.74 bits per heavy atom. The molecule has 0 unspecified atom stereocenters. The van der Waals surface area contributed by atoms with Crippen molar-refractivity contribution in [2.24, 2.45) is 4.99 Å². The van der Waals surface area contributed by atoms with Crippen LogP contribution in [0.4, 0.5) is 4.39 Å². The van der Waals surface area contributed by atoms with Gasteiger partial charge in [-0.1, -0.05) is 30.3 Å². The number of rotatable bonds is 5. The van der Waals surface area contributed by atoms with Gasteiger partial charge in [-0.05, 0) is 53.6 Å². The predicted octanol–water partition coefficient (Wildman–Crippen LogP) is 5.62. The first-order valence-corrected chi connectivity index (χ1v) is 10.5. The molecule has 0 amide bonds. The van der Waals surface area contributed by atoms with Gasteiger partial charge in [0.25, 0.3) is 5.56 Å². The standard InChI is InChI=1S/C27H19FN2O4/c28-19-7-4-17(5-8-19)20-9-3-16(12-24(20)31)14-29-15-23-22-13-18(25-2-1-11-34-25)6-10-21(22)26(32)30-27(23)33/h1-13,15,31H,14H2,(H2,30,32,33). The van der Waals surface area contributed by atoms with Crippen LogP contribution in [0.15, 0.2) is 93.3 Å². The summed E-state index contributed by atoms with van der Waals surface area (Å²) < 4.78 is 18.6. The highest BCUT2D eigenvalue weighted by Crippen LogP contribution is 2.31. The van der Waals surface area contributed by atoms with E-state index in [-0.39, 0.29) is 24.0 Å². The second-order valence-electron chi connectivity index (χ2n) is 7.78. The van der Waals surface area contributed by atoms with Crippen LogP contribution in [0.3, 0.4) is 0 Å². The summed E-state index contributed by atoms with van der Waals surface area (Å²) >= 11 is 0. The fraction of sp³-hybridized carbons (Fsp3) is 0.0370. The van der Waals surface area contributed by atoms with Crippen molar-refractivity contribution < 1.29 is 19.0 Å². The van der Waals surface area contributed by atoms with Gasteiger partial charge in [-0.3, -0.25) is 14.8 Å². The summed E-state index contributed by atoms with van der Waals surface area (Å²) in [7, 11) is 0. The summed E-state index contributed by atoms with van der Waals surface area (Å²) in [6, 6.07) is 19.8. The number of aromatic hydroxyl groups is 2. The molecule has 2 aromatic heterocycles. The van der Waals surface area contributed by atoms with E-state index < -0.39 is 5.56 Å². The number of hydrogen-bond donors (Lipinski definition) is 3. The summed E-state index contributed by atoms with van der Waals surface area (Å²) in [6.45, 7) is 0.231. The van der Waals surface area contributed by atoms with Gasteiger partial charge in [-0.25, -0.2) is 4.39 Å². The topological polar surface area (TPSA) is 98.8 Å². The number of aliphatic imine (C=N–C) groups is 1. The molecule has 34 heavy (non-hydrogen) atoms. The fourth-order valence-electron chi connectivity index (χ4n) is 3.85. The molecule has 168 valence electrons. The van der Waals surface area contributed by atoms with E-state index in [2.05, 4.69) is 9.98 Å². The SMILES string of the molecule is O=c1[nH]c(O)c(C=NCc2ccc(-c3ccc(F)cc3)c(O)c2)c2cc(-c3ccco3)ccc12. The number of aromatic nitrogens is 1. The Labute approximate surface area is 193 Å². The maximum Gasteiger partial charge on any atom is 0.258 e. The number of nitrogens with one attached hydrogen (secondary N) is 1. The molecule has 0 aliphatic rings. The first kappa shape index (κ1) is 21.2. The molecule has 3 N–H and O–H groups in total. The molecule has 7 heteroatoms. The summed E-state index contributed by atoms with van der Waals surface area (Å²) in [5, 5.41) is 21.8. The fourth-order valence-corrected chi connectivity index (χ4v) is 3.85. The van der Waals surface area contributed by atoms with E-state index in [1.807, 2.05) is 12.1 Å². The highest BCUT2D eigenvalue weighted by molar-refractivity contribution is 6.02. The zero-order valence-electron chi connectivity index (χ0n) is 17.8. The molecule has 0 spiro atoms. The zero-order valence-corrected chi connectivity index (χ0v) is 17.8. The Hall–Kier alpha value is -4.65. The zero-order chi connectivity index (χ0) is 23.7. The largest absolute Gasteiger partial charge is 0.507 e. The summed E-state index contributed by atoms with van der Waals surface area (Å²) in [5.41, 5.74) is 2.75. The first-order chi connectivity index (χ1) is 16.5. The molecule has 0 fully saturated rings. The van der Waals surface area contributed by atoms with Crippen LogP contribution in [-0.2, 0) is 6.54 Å². The van der Waals surface area contributed by atoms with Gasteiger partial charge in [-0.2, -0.15) is 0 Å². The molecule has 3 aromatic carbocycles. The molecule has 2 heterocycles. The van der Waals surface area contributed by atoms with Crippen LogP contribution >= 0.6 is 0 Å². The second kappa shape index (κ2) is 8.71. The van der Waals surface area contributed by atoms with Crippen molar-refractivity contribution in [3.8, 4) is 34.1 Å². The molecular weight excluding hydrogens is 435 g/mol. The second-order valence-corrected chi connectivity index (χ2v) is 7.78. The van der Waals surface area contributed by atoms with Crippen LogP contribution in [-0.4, -0.2) is 21.4 Å². The van der Waals surface area contributed by atoms with E-state index in [9.17, 15) is 19.4 Å². The normalized spacial score (nSPS) is 11.4. The van der Waals surface area contributed by atoms with E-state index in [1.54, 1.807) is 54.8 Å². The molecular formula is C27H19FN2O4. The molecule has 6 nitrogen and oxygen atoms in total. The predicted molar refractivity (Wildman–Crippen MR) is 129 cm³/mol. The van der Waals surface area contributed by atoms with Crippen molar-refractivity contribution in [1.82, 2.24) is 4.98 Å². The van der Waals surface area contributed by atoms with Gasteiger partial charge in [0.05, 0.1) is 18.4 Å². The van der Waals surface area contributed by atoms with Crippen molar-refractivity contribution in [2.45, 2.75) is 6.54 Å². The lowest BCUT2D eigenvalue weighted by Crippen LogP contribution is -2.08. The molecule has 0 atom stereocenters. The molecule has 0 saturated carbocycles. The molecule has 0 aliphatic carbocycles. The van der Waals surface area contributed by atoms with Gasteiger partial charge < -0.3 is 14.6 Å². The quantitative estimate of drug-likeness (QED) is 0.300. The third kappa shape index (κ3) is 4.06. The minimum absolute atomic E-state index is 0.0553. The number of benzene rings is 3. The third-order valence-electron chi connectivity index (χ3n) is 5.56. The number of fused-ring (bicyclic) bond motifs is 1. The number of aromatic amines is 1. The van der Waals surface area contributed by atoms with Crippen LogP contribution in [0.1, 0.15) is 11.1 Å². The molecule has 0 saturated heterocycles. The van der Waals surface area contributed by atoms with Gasteiger partial charge >= 0.3 is 0 Å². The van der Waals surface area contributed by atoms with Crippen LogP contribution in [0, 0.1) is 5.82 Å². The lowest BCUT2D eigenvalue weighted by Gasteiger charge is -2.08. The van der Waals surface area contributed by atoms with E-state index >= 15 is 0 Å². The maximum absolute atomic E-state index is 13.2. The molecule has 0 radical (unpaired) electrons. The van der Waals surface area contributed by atoms with Gasteiger partial charge in [-0.15, -0.1) is 0 Å². The van der Waals surface area contributed by atoms with Gasteiger partial charge in [0.2, 0.25) is 5.88 Å². The number of H-pyrrole nitrogens is 1. The minimum Gasteiger partial charge on any atom is -0.507 e. The Morgan fingerprint density at radius 3 is 2.47 bits per heavy atom. The van der Waals surface area contributed by atoms with Crippen LogP contribution < -0.4 is 5.56 Å². The molecule has 5 aromatic rings. The van der Waals surface area contributed by atoms with Gasteiger partial charge in [0.1, 0.15) is 17.3 Å². The Morgan fingerprint density at radius 1 is 0.941 bits per heavy atom. The lowest BCUT2D eigenvalue weighted by molar-refractivity contribution is 0.452. The summed E-state index contributed by atoms with van der Waals surface area (Å²) in [6.07, 6.45) is 3.05. The minimum atomic E-state index is -0.406. The van der Waals surface area contributed by atoms with Gasteiger partial charge in [0, 0.05) is 28.1 Å². The lowest BCUT2D eigenvalue weighted by atomic mass is 10.0. The third-order valence-corrected chi connectivity index (χ3v) is 5.56. The number of halogens is 1. The average Bonchev–Trinajstić information content (AvgIpc) is 3.37. The first-order valence-electron chi connectivity index (χ1n) is 10.5. The van der Waals surface area contributed by atoms with E-state index in [1.165, 1.54) is 18.3 Å². The summed E-state index contributed by atoms with van der Waals surface area (Å²) in [5.74, 6) is 0.0666. The number of phenolic OH excluding ortho intramolecular Hbond substituents is 1. The van der Waals surface area contributed by atoms with Crippen LogP contribution in [0.25, 0.3) is 33.2 Å². The van der Waals surface area contributed by atoms with E-state index in [4.69, 9.17) is 4.42 Å². The average molecular weight is 454 g/mol. The molecule has 0 aliphatic heterocycles. The molecule has 0 bridgehead atoms. The molecule has 5 rings (SSSR count). The smallest absolute Gasteiger partial charge is 0.258 e.